The Hall–Kier alpha value is -4.27. The third-order valence-electron chi connectivity index (χ3n) is 5.29. The van der Waals surface area contributed by atoms with Gasteiger partial charge < -0.3 is 14.8 Å². The number of carbonyl (C=O) groups is 1. The highest BCUT2D eigenvalue weighted by atomic mass is 35.5. The molecule has 0 atom stereocenters. The number of nitrogens with one attached hydrogen (secondary N) is 1. The van der Waals surface area contributed by atoms with Crippen LogP contribution < -0.4 is 14.8 Å². The van der Waals surface area contributed by atoms with Crippen LogP contribution in [0.3, 0.4) is 0 Å². The Morgan fingerprint density at radius 2 is 1.74 bits per heavy atom. The van der Waals surface area contributed by atoms with Crippen molar-refractivity contribution in [3.63, 3.8) is 0 Å². The van der Waals surface area contributed by atoms with Gasteiger partial charge in [-0.25, -0.2) is 0 Å². The van der Waals surface area contributed by atoms with E-state index in [1.807, 2.05) is 43.3 Å². The normalized spacial score (nSPS) is 11.1. The summed E-state index contributed by atoms with van der Waals surface area (Å²) in [6, 6.07) is 28.4. The van der Waals surface area contributed by atoms with Crippen LogP contribution in [0.25, 0.3) is 16.8 Å². The molecule has 1 N–H and O–H groups in total. The van der Waals surface area contributed by atoms with Crippen LogP contribution in [0.15, 0.2) is 90.5 Å². The minimum Gasteiger partial charge on any atom is -0.490 e. The molecule has 6 heteroatoms. The van der Waals surface area contributed by atoms with Crippen molar-refractivity contribution >= 4 is 40.0 Å². The third-order valence-corrected chi connectivity index (χ3v) is 5.57. The first-order valence-corrected chi connectivity index (χ1v) is 11.5. The molecule has 1 amide bonds. The van der Waals surface area contributed by atoms with E-state index < -0.39 is 5.91 Å². The van der Waals surface area contributed by atoms with Crippen molar-refractivity contribution in [2.45, 2.75) is 13.5 Å². The number of halogens is 1. The number of carbonyl (C=O) groups excluding carboxylic acids is 1. The molecule has 0 aliphatic heterocycles. The topological polar surface area (TPSA) is 71.3 Å². The molecule has 4 rings (SSSR count). The molecule has 4 aromatic rings. The van der Waals surface area contributed by atoms with Gasteiger partial charge in [0.2, 0.25) is 0 Å². The second kappa shape index (κ2) is 11.2. The highest BCUT2D eigenvalue weighted by Gasteiger charge is 2.15. The van der Waals surface area contributed by atoms with Gasteiger partial charge in [-0.2, -0.15) is 5.26 Å². The van der Waals surface area contributed by atoms with Crippen molar-refractivity contribution in [3.8, 4) is 17.6 Å². The highest BCUT2D eigenvalue weighted by molar-refractivity contribution is 6.32. The van der Waals surface area contributed by atoms with Crippen LogP contribution in [0, 0.1) is 11.3 Å². The molecule has 0 unspecified atom stereocenters. The number of nitrogens with zero attached hydrogens (tertiary/aromatic N) is 1. The van der Waals surface area contributed by atoms with Crippen LogP contribution in [0.4, 0.5) is 5.69 Å². The van der Waals surface area contributed by atoms with E-state index in [1.165, 1.54) is 6.08 Å². The average molecular weight is 483 g/mol. The van der Waals surface area contributed by atoms with E-state index in [-0.39, 0.29) is 5.57 Å². The first-order valence-electron chi connectivity index (χ1n) is 11.1. The number of hydrogen-bond acceptors (Lipinski definition) is 4. The fourth-order valence-corrected chi connectivity index (χ4v) is 3.95. The number of amides is 1. The van der Waals surface area contributed by atoms with E-state index in [1.54, 1.807) is 36.4 Å². The highest BCUT2D eigenvalue weighted by Crippen LogP contribution is 2.38. The summed E-state index contributed by atoms with van der Waals surface area (Å²) >= 11 is 6.57. The Morgan fingerprint density at radius 1 is 1.00 bits per heavy atom. The Balaban J connectivity index is 1.60. The number of fused-ring (bicyclic) bond motifs is 1. The maximum Gasteiger partial charge on any atom is 0.266 e. The largest absolute Gasteiger partial charge is 0.490 e. The van der Waals surface area contributed by atoms with Crippen molar-refractivity contribution in [2.75, 3.05) is 11.9 Å². The number of anilines is 1. The Labute approximate surface area is 209 Å². The van der Waals surface area contributed by atoms with Crippen molar-refractivity contribution in [1.82, 2.24) is 0 Å². The standard InChI is InChI=1S/C29H23ClN2O3/c1-2-34-27-17-20(15-23(18-31)29(33)32-24-12-4-3-5-13-24)16-26(30)28(27)35-19-22-11-8-10-21-9-6-7-14-25(21)22/h3-17H,2,19H2,1H3,(H,32,33)/b23-15+. The lowest BCUT2D eigenvalue weighted by Gasteiger charge is -2.15. The molecule has 0 aliphatic rings. The van der Waals surface area contributed by atoms with Gasteiger partial charge in [-0.15, -0.1) is 0 Å². The molecule has 0 bridgehead atoms. The molecule has 0 aliphatic carbocycles. The van der Waals surface area contributed by atoms with Crippen LogP contribution in [0.1, 0.15) is 18.1 Å². The molecule has 35 heavy (non-hydrogen) atoms. The molecule has 0 aromatic heterocycles. The minimum absolute atomic E-state index is 0.0585. The van der Waals surface area contributed by atoms with Gasteiger partial charge in [0.15, 0.2) is 11.5 Å². The molecule has 174 valence electrons. The molecule has 5 nitrogen and oxygen atoms in total. The van der Waals surface area contributed by atoms with Crippen LogP contribution in [-0.4, -0.2) is 12.5 Å². The van der Waals surface area contributed by atoms with E-state index in [0.29, 0.717) is 41.0 Å². The molecular formula is C29H23ClN2O3. The molecule has 0 fully saturated rings. The lowest BCUT2D eigenvalue weighted by Crippen LogP contribution is -2.13. The van der Waals surface area contributed by atoms with Gasteiger partial charge in [0.05, 0.1) is 11.6 Å². The summed E-state index contributed by atoms with van der Waals surface area (Å²) in [5.74, 6) is 0.335. The number of benzene rings is 4. The maximum atomic E-state index is 12.6. The predicted molar refractivity (Wildman–Crippen MR) is 140 cm³/mol. The zero-order valence-electron chi connectivity index (χ0n) is 19.1. The molecule has 4 aromatic carbocycles. The Bertz CT molecular complexity index is 1420. The summed E-state index contributed by atoms with van der Waals surface area (Å²) in [6.45, 7) is 2.56. The van der Waals surface area contributed by atoms with Gasteiger partial charge in [0, 0.05) is 5.69 Å². The quantitative estimate of drug-likeness (QED) is 0.216. The van der Waals surface area contributed by atoms with E-state index in [2.05, 4.69) is 23.5 Å². The first kappa shape index (κ1) is 23.9. The summed E-state index contributed by atoms with van der Waals surface area (Å²) in [6.07, 6.45) is 1.47. The van der Waals surface area contributed by atoms with E-state index >= 15 is 0 Å². The lowest BCUT2D eigenvalue weighted by molar-refractivity contribution is -0.112. The van der Waals surface area contributed by atoms with Crippen LogP contribution in [0.2, 0.25) is 5.02 Å². The first-order chi connectivity index (χ1) is 17.1. The molecule has 0 radical (unpaired) electrons. The van der Waals surface area contributed by atoms with Crippen molar-refractivity contribution < 1.29 is 14.3 Å². The fraction of sp³-hybridized carbons (Fsp3) is 0.103. The number of rotatable bonds is 8. The average Bonchev–Trinajstić information content (AvgIpc) is 2.87. The van der Waals surface area contributed by atoms with Crippen LogP contribution >= 0.6 is 11.6 Å². The zero-order valence-corrected chi connectivity index (χ0v) is 19.9. The second-order valence-corrected chi connectivity index (χ2v) is 8.09. The van der Waals surface area contributed by atoms with E-state index in [4.69, 9.17) is 21.1 Å². The van der Waals surface area contributed by atoms with Crippen LogP contribution in [-0.2, 0) is 11.4 Å². The Morgan fingerprint density at radius 3 is 2.51 bits per heavy atom. The molecular weight excluding hydrogens is 460 g/mol. The summed E-state index contributed by atoms with van der Waals surface area (Å²) < 4.78 is 11.9. The van der Waals surface area contributed by atoms with Gasteiger partial charge in [-0.1, -0.05) is 72.3 Å². The number of hydrogen-bond donors (Lipinski definition) is 1. The molecule has 0 saturated heterocycles. The predicted octanol–water partition coefficient (Wildman–Crippen LogP) is 7.02. The van der Waals surface area contributed by atoms with Crippen molar-refractivity contribution in [3.05, 3.63) is 107 Å². The van der Waals surface area contributed by atoms with Crippen molar-refractivity contribution in [2.24, 2.45) is 0 Å². The Kier molecular flexibility index (Phi) is 7.67. The maximum absolute atomic E-state index is 12.6. The number of para-hydroxylation sites is 1. The zero-order chi connectivity index (χ0) is 24.6. The van der Waals surface area contributed by atoms with Gasteiger partial charge in [0.1, 0.15) is 18.2 Å². The SMILES string of the molecule is CCOc1cc(/C=C(\C#N)C(=O)Nc2ccccc2)cc(Cl)c1OCc1cccc2ccccc12. The monoisotopic (exact) mass is 482 g/mol. The molecule has 0 saturated carbocycles. The lowest BCUT2D eigenvalue weighted by atomic mass is 10.1. The number of nitriles is 1. The molecule has 0 spiro atoms. The third kappa shape index (κ3) is 5.81. The van der Waals surface area contributed by atoms with Crippen molar-refractivity contribution in [1.29, 1.82) is 5.26 Å². The summed E-state index contributed by atoms with van der Waals surface area (Å²) in [5.41, 5.74) is 2.12. The van der Waals surface area contributed by atoms with Gasteiger partial charge >= 0.3 is 0 Å². The van der Waals surface area contributed by atoms with E-state index in [0.717, 1.165) is 16.3 Å². The van der Waals surface area contributed by atoms with Gasteiger partial charge in [-0.3, -0.25) is 4.79 Å². The minimum atomic E-state index is -0.510. The smallest absolute Gasteiger partial charge is 0.266 e. The number of ether oxygens (including phenoxy) is 2. The summed E-state index contributed by atoms with van der Waals surface area (Å²) in [5, 5.41) is 14.8. The summed E-state index contributed by atoms with van der Waals surface area (Å²) in [7, 11) is 0. The second-order valence-electron chi connectivity index (χ2n) is 7.68. The van der Waals surface area contributed by atoms with Crippen LogP contribution in [0.5, 0.6) is 11.5 Å². The fourth-order valence-electron chi connectivity index (χ4n) is 3.68. The van der Waals surface area contributed by atoms with Gasteiger partial charge in [-0.05, 0) is 59.2 Å². The summed E-state index contributed by atoms with van der Waals surface area (Å²) in [4.78, 5) is 12.6. The van der Waals surface area contributed by atoms with Gasteiger partial charge in [0.25, 0.3) is 5.91 Å². The molecule has 0 heterocycles. The van der Waals surface area contributed by atoms with E-state index in [9.17, 15) is 10.1 Å².